The molecule has 0 bridgehead atoms. The van der Waals surface area contributed by atoms with Crippen LogP contribution < -0.4 is 16.0 Å². The molecule has 8 nitrogen and oxygen atoms in total. The Bertz CT molecular complexity index is 1550. The van der Waals surface area contributed by atoms with Crippen LogP contribution >= 0.6 is 11.6 Å². The number of methoxy groups -OCH3 is 1. The zero-order valence-corrected chi connectivity index (χ0v) is 19.2. The van der Waals surface area contributed by atoms with Crippen LogP contribution in [0.25, 0.3) is 27.5 Å². The second-order valence-electron chi connectivity index (χ2n) is 8.49. The third-order valence-corrected chi connectivity index (χ3v) is 6.83. The number of halogens is 1. The third kappa shape index (κ3) is 3.54. The van der Waals surface area contributed by atoms with Crippen LogP contribution in [0.2, 0.25) is 5.02 Å². The number of aromatic nitrogens is 3. The summed E-state index contributed by atoms with van der Waals surface area (Å²) in [5, 5.41) is 10.7. The van der Waals surface area contributed by atoms with Gasteiger partial charge in [-0.15, -0.1) is 0 Å². The fourth-order valence-electron chi connectivity index (χ4n) is 4.92. The minimum Gasteiger partial charge on any atom is -0.494 e. The van der Waals surface area contributed by atoms with Crippen molar-refractivity contribution in [3.8, 4) is 11.4 Å². The van der Waals surface area contributed by atoms with Crippen LogP contribution in [-0.2, 0) is 4.79 Å². The molecule has 1 saturated carbocycles. The highest BCUT2D eigenvalue weighted by Gasteiger charge is 2.30. The van der Waals surface area contributed by atoms with Gasteiger partial charge in [0.25, 0.3) is 5.56 Å². The molecule has 0 unspecified atom stereocenters. The van der Waals surface area contributed by atoms with Crippen molar-refractivity contribution in [2.24, 2.45) is 5.92 Å². The third-order valence-electron chi connectivity index (χ3n) is 6.60. The van der Waals surface area contributed by atoms with E-state index in [2.05, 4.69) is 4.98 Å². The van der Waals surface area contributed by atoms with Gasteiger partial charge >= 0.3 is 11.7 Å². The number of fused-ring (bicyclic) bond motifs is 3. The first-order chi connectivity index (χ1) is 16.4. The van der Waals surface area contributed by atoms with Gasteiger partial charge in [-0.25, -0.2) is 4.79 Å². The molecule has 0 saturated heterocycles. The van der Waals surface area contributed by atoms with Crippen LogP contribution in [0.4, 0.5) is 0 Å². The second kappa shape index (κ2) is 8.61. The molecule has 2 aromatic heterocycles. The Morgan fingerprint density at radius 1 is 1.09 bits per heavy atom. The van der Waals surface area contributed by atoms with E-state index >= 15 is 0 Å². The maximum absolute atomic E-state index is 13.9. The maximum Gasteiger partial charge on any atom is 0.336 e. The number of carboxylic acid groups (broad SMARTS) is 1. The van der Waals surface area contributed by atoms with E-state index in [9.17, 15) is 19.5 Å². The van der Waals surface area contributed by atoms with Crippen molar-refractivity contribution in [2.75, 3.05) is 7.11 Å². The standard InChI is InChI=1S/C25H22ClN3O5/c1-34-20-7-3-6-18-21(20)27-13-19-22(18)28(17-5-2-4-15(26)12-17)25(33)29(23(19)30)16-10-8-14(9-11-16)24(31)32/h2-7,12-14,16H,8-11H2,1H3,(H,31,32). The van der Waals surface area contributed by atoms with Crippen LogP contribution in [0.15, 0.2) is 58.3 Å². The number of carbonyl (C=O) groups is 1. The van der Waals surface area contributed by atoms with Crippen LogP contribution in [0, 0.1) is 5.92 Å². The normalized spacial score (nSPS) is 18.3. The first-order valence-corrected chi connectivity index (χ1v) is 11.4. The SMILES string of the molecule is COc1cccc2c1ncc1c(=O)n(C3CCC(C(=O)O)CC3)c(=O)n(-c3cccc(Cl)c3)c12. The van der Waals surface area contributed by atoms with E-state index in [1.165, 1.54) is 22.4 Å². The summed E-state index contributed by atoms with van der Waals surface area (Å²) in [6.45, 7) is 0. The number of aliphatic carboxylic acids is 1. The van der Waals surface area contributed by atoms with E-state index in [1.807, 2.05) is 0 Å². The smallest absolute Gasteiger partial charge is 0.336 e. The number of para-hydroxylation sites is 1. The van der Waals surface area contributed by atoms with Crippen LogP contribution in [0.1, 0.15) is 31.7 Å². The van der Waals surface area contributed by atoms with Crippen molar-refractivity contribution in [3.63, 3.8) is 0 Å². The van der Waals surface area contributed by atoms with Crippen LogP contribution in [0.5, 0.6) is 5.75 Å². The largest absolute Gasteiger partial charge is 0.494 e. The average Bonchev–Trinajstić information content (AvgIpc) is 2.84. The lowest BCUT2D eigenvalue weighted by molar-refractivity contribution is -0.143. The first-order valence-electron chi connectivity index (χ1n) is 11.0. The van der Waals surface area contributed by atoms with Crippen LogP contribution in [0.3, 0.4) is 0 Å². The lowest BCUT2D eigenvalue weighted by Crippen LogP contribution is -2.43. The lowest BCUT2D eigenvalue weighted by Gasteiger charge is -2.28. The second-order valence-corrected chi connectivity index (χ2v) is 8.93. The van der Waals surface area contributed by atoms with Crippen molar-refractivity contribution in [3.05, 3.63) is 74.5 Å². The molecule has 5 rings (SSSR count). The predicted octanol–water partition coefficient (Wildman–Crippen LogP) is 4.18. The molecule has 0 atom stereocenters. The molecule has 1 aliphatic carbocycles. The molecule has 2 heterocycles. The van der Waals surface area contributed by atoms with Crippen molar-refractivity contribution in [1.82, 2.24) is 14.1 Å². The molecule has 0 spiro atoms. The average molecular weight is 480 g/mol. The molecular formula is C25H22ClN3O5. The number of benzene rings is 2. The molecule has 0 aliphatic heterocycles. The van der Waals surface area contributed by atoms with E-state index in [1.54, 1.807) is 42.5 Å². The monoisotopic (exact) mass is 479 g/mol. The summed E-state index contributed by atoms with van der Waals surface area (Å²) in [5.74, 6) is -0.772. The minimum atomic E-state index is -0.842. The van der Waals surface area contributed by atoms with Crippen molar-refractivity contribution < 1.29 is 14.6 Å². The van der Waals surface area contributed by atoms with E-state index in [0.29, 0.717) is 63.9 Å². The predicted molar refractivity (Wildman–Crippen MR) is 129 cm³/mol. The molecule has 0 radical (unpaired) electrons. The van der Waals surface area contributed by atoms with E-state index in [-0.39, 0.29) is 0 Å². The van der Waals surface area contributed by atoms with Gasteiger partial charge in [0.05, 0.1) is 29.6 Å². The van der Waals surface area contributed by atoms with Gasteiger partial charge in [0, 0.05) is 22.6 Å². The van der Waals surface area contributed by atoms with Crippen molar-refractivity contribution in [1.29, 1.82) is 0 Å². The Labute approximate surface area is 199 Å². The summed E-state index contributed by atoms with van der Waals surface area (Å²) >= 11 is 6.26. The highest BCUT2D eigenvalue weighted by atomic mass is 35.5. The van der Waals surface area contributed by atoms with Gasteiger partial charge < -0.3 is 9.84 Å². The van der Waals surface area contributed by atoms with Crippen LogP contribution in [-0.4, -0.2) is 32.3 Å². The van der Waals surface area contributed by atoms with Gasteiger partial charge in [-0.1, -0.05) is 29.8 Å². The Morgan fingerprint density at radius 3 is 2.50 bits per heavy atom. The zero-order chi connectivity index (χ0) is 24.0. The van der Waals surface area contributed by atoms with E-state index < -0.39 is 29.2 Å². The van der Waals surface area contributed by atoms with E-state index in [0.717, 1.165) is 0 Å². The minimum absolute atomic E-state index is 0.292. The molecule has 174 valence electrons. The molecule has 4 aromatic rings. The summed E-state index contributed by atoms with van der Waals surface area (Å²) in [5.41, 5.74) is 0.553. The fourth-order valence-corrected chi connectivity index (χ4v) is 5.11. The number of hydrogen-bond acceptors (Lipinski definition) is 5. The highest BCUT2D eigenvalue weighted by Crippen LogP contribution is 2.33. The summed E-state index contributed by atoms with van der Waals surface area (Å²) in [7, 11) is 1.54. The molecule has 1 fully saturated rings. The summed E-state index contributed by atoms with van der Waals surface area (Å²) < 4.78 is 8.20. The van der Waals surface area contributed by atoms with E-state index in [4.69, 9.17) is 16.3 Å². The van der Waals surface area contributed by atoms with Crippen molar-refractivity contribution >= 4 is 39.4 Å². The van der Waals surface area contributed by atoms with Gasteiger partial charge in [-0.05, 0) is 49.9 Å². The number of rotatable bonds is 4. The molecule has 2 aromatic carbocycles. The number of nitrogens with zero attached hydrogens (tertiary/aromatic N) is 3. The highest BCUT2D eigenvalue weighted by molar-refractivity contribution is 6.30. The Kier molecular flexibility index (Phi) is 5.61. The van der Waals surface area contributed by atoms with Crippen molar-refractivity contribution in [2.45, 2.75) is 31.7 Å². The van der Waals surface area contributed by atoms with Gasteiger partial charge in [-0.2, -0.15) is 0 Å². The molecule has 1 aliphatic rings. The number of hydrogen-bond donors (Lipinski definition) is 1. The van der Waals surface area contributed by atoms with Gasteiger partial charge in [0.1, 0.15) is 11.3 Å². The zero-order valence-electron chi connectivity index (χ0n) is 18.4. The lowest BCUT2D eigenvalue weighted by atomic mass is 9.86. The fraction of sp³-hybridized carbons (Fsp3) is 0.280. The Hall–Kier alpha value is -3.65. The molecule has 34 heavy (non-hydrogen) atoms. The Morgan fingerprint density at radius 2 is 1.82 bits per heavy atom. The van der Waals surface area contributed by atoms with Gasteiger partial charge in [0.15, 0.2) is 0 Å². The van der Waals surface area contributed by atoms with Gasteiger partial charge in [-0.3, -0.25) is 23.7 Å². The Balaban J connectivity index is 1.85. The summed E-state index contributed by atoms with van der Waals surface area (Å²) in [6.07, 6.45) is 3.16. The van der Waals surface area contributed by atoms with Gasteiger partial charge in [0.2, 0.25) is 0 Å². The number of ether oxygens (including phenoxy) is 1. The molecule has 0 amide bonds. The number of carboxylic acids is 1. The maximum atomic E-state index is 13.9. The summed E-state index contributed by atoms with van der Waals surface area (Å²) in [4.78, 5) is 43.5. The summed E-state index contributed by atoms with van der Waals surface area (Å²) in [6, 6.07) is 11.8. The quantitative estimate of drug-likeness (QED) is 0.440. The molecular weight excluding hydrogens is 458 g/mol. The first kappa shape index (κ1) is 22.2. The molecule has 9 heteroatoms. The molecule has 1 N–H and O–H groups in total. The number of pyridine rings is 1. The topological polar surface area (TPSA) is 103 Å².